The second kappa shape index (κ2) is 8.05. The van der Waals surface area contributed by atoms with E-state index in [2.05, 4.69) is 0 Å². The van der Waals surface area contributed by atoms with Crippen molar-refractivity contribution in [2.24, 2.45) is 5.92 Å². The molecule has 3 nitrogen and oxygen atoms in total. The lowest BCUT2D eigenvalue weighted by Gasteiger charge is -2.18. The van der Waals surface area contributed by atoms with Crippen LogP contribution >= 0.6 is 11.6 Å². The van der Waals surface area contributed by atoms with Gasteiger partial charge in [-0.15, -0.1) is 0 Å². The first-order valence-corrected chi connectivity index (χ1v) is 7.04. The van der Waals surface area contributed by atoms with Crippen molar-refractivity contribution in [3.8, 4) is 5.75 Å². The van der Waals surface area contributed by atoms with Crippen LogP contribution in [0.5, 0.6) is 5.75 Å². The molecule has 4 heteroatoms. The van der Waals surface area contributed by atoms with Gasteiger partial charge in [0.15, 0.2) is 0 Å². The fourth-order valence-corrected chi connectivity index (χ4v) is 1.91. The van der Waals surface area contributed by atoms with E-state index in [-0.39, 0.29) is 18.0 Å². The highest BCUT2D eigenvalue weighted by Crippen LogP contribution is 2.23. The summed E-state index contributed by atoms with van der Waals surface area (Å²) in [7, 11) is 0. The molecule has 0 fully saturated rings. The minimum Gasteiger partial charge on any atom is -0.488 e. The Hall–Kier alpha value is -1.22. The molecular weight excluding hydrogens is 264 g/mol. The molecule has 0 heterocycles. The highest BCUT2D eigenvalue weighted by atomic mass is 35.5. The summed E-state index contributed by atoms with van der Waals surface area (Å²) >= 11 is 5.98. The summed E-state index contributed by atoms with van der Waals surface area (Å²) in [6.45, 7) is 6.09. The molecule has 0 amide bonds. The van der Waals surface area contributed by atoms with Crippen LogP contribution in [-0.2, 0) is 9.53 Å². The lowest BCUT2D eigenvalue weighted by Crippen LogP contribution is -2.26. The molecule has 106 valence electrons. The van der Waals surface area contributed by atoms with Crippen molar-refractivity contribution in [2.45, 2.75) is 39.7 Å². The number of carbonyl (C=O) groups excluding carboxylic acids is 1. The van der Waals surface area contributed by atoms with Crippen molar-refractivity contribution in [1.29, 1.82) is 0 Å². The minimum atomic E-state index is -0.288. The van der Waals surface area contributed by atoms with E-state index in [9.17, 15) is 4.79 Å². The monoisotopic (exact) mass is 284 g/mol. The van der Waals surface area contributed by atoms with Gasteiger partial charge < -0.3 is 9.47 Å². The van der Waals surface area contributed by atoms with E-state index in [0.29, 0.717) is 17.4 Å². The van der Waals surface area contributed by atoms with Gasteiger partial charge in [0.2, 0.25) is 0 Å². The molecule has 1 rings (SSSR count). The maximum atomic E-state index is 11.8. The lowest BCUT2D eigenvalue weighted by molar-refractivity contribution is -0.154. The van der Waals surface area contributed by atoms with Crippen molar-refractivity contribution >= 4 is 17.6 Å². The molecule has 0 aliphatic heterocycles. The van der Waals surface area contributed by atoms with E-state index in [4.69, 9.17) is 21.1 Å². The van der Waals surface area contributed by atoms with E-state index < -0.39 is 0 Å². The number of esters is 1. The summed E-state index contributed by atoms with van der Waals surface area (Å²) in [5.74, 6) is 0.428. The van der Waals surface area contributed by atoms with E-state index in [1.54, 1.807) is 12.1 Å². The number of hydrogen-bond donors (Lipinski definition) is 0. The standard InChI is InChI=1S/C15H21ClO3/c1-4-12(5-2)15(17)19-11(3)10-18-14-9-7-6-8-13(14)16/h6-9,11-12H,4-5,10H2,1-3H3/t11-/m1/s1. The van der Waals surface area contributed by atoms with Crippen molar-refractivity contribution in [2.75, 3.05) is 6.61 Å². The molecule has 0 radical (unpaired) electrons. The molecule has 1 atom stereocenters. The predicted molar refractivity (Wildman–Crippen MR) is 76.6 cm³/mol. The zero-order chi connectivity index (χ0) is 14.3. The number of rotatable bonds is 7. The highest BCUT2D eigenvalue weighted by molar-refractivity contribution is 6.32. The van der Waals surface area contributed by atoms with Gasteiger partial charge in [-0.3, -0.25) is 4.79 Å². The Morgan fingerprint density at radius 2 is 1.89 bits per heavy atom. The van der Waals surface area contributed by atoms with Gasteiger partial charge in [0, 0.05) is 0 Å². The fraction of sp³-hybridized carbons (Fsp3) is 0.533. The summed E-state index contributed by atoms with van der Waals surface area (Å²) in [4.78, 5) is 11.8. The van der Waals surface area contributed by atoms with Crippen LogP contribution in [0, 0.1) is 5.92 Å². The molecule has 1 aromatic carbocycles. The van der Waals surface area contributed by atoms with Gasteiger partial charge >= 0.3 is 5.97 Å². The molecular formula is C15H21ClO3. The third kappa shape index (κ3) is 5.11. The molecule has 1 aromatic rings. The van der Waals surface area contributed by atoms with Crippen molar-refractivity contribution in [1.82, 2.24) is 0 Å². The van der Waals surface area contributed by atoms with Gasteiger partial charge in [-0.25, -0.2) is 0 Å². The average Bonchev–Trinajstić information content (AvgIpc) is 2.39. The van der Waals surface area contributed by atoms with Crippen molar-refractivity contribution in [3.05, 3.63) is 29.3 Å². The van der Waals surface area contributed by atoms with Crippen LogP contribution in [0.3, 0.4) is 0 Å². The fourth-order valence-electron chi connectivity index (χ4n) is 1.72. The van der Waals surface area contributed by atoms with E-state index in [0.717, 1.165) is 12.8 Å². The molecule has 0 saturated heterocycles. The smallest absolute Gasteiger partial charge is 0.309 e. The van der Waals surface area contributed by atoms with Crippen LogP contribution in [0.15, 0.2) is 24.3 Å². The van der Waals surface area contributed by atoms with Crippen LogP contribution in [0.2, 0.25) is 5.02 Å². The highest BCUT2D eigenvalue weighted by Gasteiger charge is 2.18. The van der Waals surface area contributed by atoms with Gasteiger partial charge in [-0.1, -0.05) is 37.6 Å². The minimum absolute atomic E-state index is 0.0252. The van der Waals surface area contributed by atoms with Gasteiger partial charge in [-0.05, 0) is 31.9 Å². The Morgan fingerprint density at radius 3 is 2.47 bits per heavy atom. The zero-order valence-corrected chi connectivity index (χ0v) is 12.4. The SMILES string of the molecule is CCC(CC)C(=O)O[C@H](C)COc1ccccc1Cl. The Labute approximate surface area is 119 Å². The number of para-hydroxylation sites is 1. The first-order valence-electron chi connectivity index (χ1n) is 6.66. The Kier molecular flexibility index (Phi) is 6.71. The second-order valence-corrected chi connectivity index (χ2v) is 4.91. The van der Waals surface area contributed by atoms with Crippen molar-refractivity contribution < 1.29 is 14.3 Å². The molecule has 0 bridgehead atoms. The Morgan fingerprint density at radius 1 is 1.26 bits per heavy atom. The average molecular weight is 285 g/mol. The van der Waals surface area contributed by atoms with Crippen LogP contribution < -0.4 is 4.74 Å². The van der Waals surface area contributed by atoms with Gasteiger partial charge in [0.05, 0.1) is 10.9 Å². The van der Waals surface area contributed by atoms with Gasteiger partial charge in [-0.2, -0.15) is 0 Å². The summed E-state index contributed by atoms with van der Waals surface area (Å²) < 4.78 is 10.9. The molecule has 0 unspecified atom stereocenters. The molecule has 0 spiro atoms. The third-order valence-corrected chi connectivity index (χ3v) is 3.26. The predicted octanol–water partition coefficient (Wildman–Crippen LogP) is 4.09. The number of hydrogen-bond acceptors (Lipinski definition) is 3. The maximum Gasteiger partial charge on any atom is 0.309 e. The molecule has 0 N–H and O–H groups in total. The van der Waals surface area contributed by atoms with E-state index in [1.165, 1.54) is 0 Å². The van der Waals surface area contributed by atoms with Gasteiger partial charge in [0.25, 0.3) is 0 Å². The Bertz CT molecular complexity index is 402. The van der Waals surface area contributed by atoms with Crippen molar-refractivity contribution in [3.63, 3.8) is 0 Å². The van der Waals surface area contributed by atoms with Gasteiger partial charge in [0.1, 0.15) is 18.5 Å². The summed E-state index contributed by atoms with van der Waals surface area (Å²) in [6.07, 6.45) is 1.31. The second-order valence-electron chi connectivity index (χ2n) is 4.50. The molecule has 0 aromatic heterocycles. The summed E-state index contributed by atoms with van der Waals surface area (Å²) in [5, 5.41) is 0.556. The normalized spacial score (nSPS) is 12.3. The summed E-state index contributed by atoms with van der Waals surface area (Å²) in [6, 6.07) is 7.24. The first kappa shape index (κ1) is 15.8. The number of halogens is 1. The molecule has 0 aliphatic carbocycles. The van der Waals surface area contributed by atoms with E-state index >= 15 is 0 Å². The number of carbonyl (C=O) groups is 1. The third-order valence-electron chi connectivity index (χ3n) is 2.95. The van der Waals surface area contributed by atoms with E-state index in [1.807, 2.05) is 32.9 Å². The molecule has 0 saturated carbocycles. The lowest BCUT2D eigenvalue weighted by atomic mass is 10.0. The zero-order valence-electron chi connectivity index (χ0n) is 11.7. The quantitative estimate of drug-likeness (QED) is 0.708. The largest absolute Gasteiger partial charge is 0.488 e. The maximum absolute atomic E-state index is 11.8. The van der Waals surface area contributed by atoms with Crippen LogP contribution in [0.1, 0.15) is 33.6 Å². The van der Waals surface area contributed by atoms with Crippen LogP contribution in [-0.4, -0.2) is 18.7 Å². The molecule has 19 heavy (non-hydrogen) atoms. The topological polar surface area (TPSA) is 35.5 Å². The summed E-state index contributed by atoms with van der Waals surface area (Å²) in [5.41, 5.74) is 0. The number of benzene rings is 1. The Balaban J connectivity index is 2.42. The van der Waals surface area contributed by atoms with Crippen LogP contribution in [0.4, 0.5) is 0 Å². The first-order chi connectivity index (χ1) is 9.08. The molecule has 0 aliphatic rings. The van der Waals surface area contributed by atoms with Crippen LogP contribution in [0.25, 0.3) is 0 Å². The number of ether oxygens (including phenoxy) is 2.